The molecule has 1 heterocycles. The van der Waals surface area contributed by atoms with Crippen LogP contribution >= 0.6 is 0 Å². The van der Waals surface area contributed by atoms with Crippen molar-refractivity contribution < 1.29 is 13.2 Å². The van der Waals surface area contributed by atoms with Gasteiger partial charge in [-0.2, -0.15) is 13.2 Å². The monoisotopic (exact) mass is 272 g/mol. The highest BCUT2D eigenvalue weighted by molar-refractivity contribution is 5.77. The van der Waals surface area contributed by atoms with Gasteiger partial charge in [0.15, 0.2) is 5.96 Å². The molecule has 0 bridgehead atoms. The van der Waals surface area contributed by atoms with Crippen LogP contribution in [0.1, 0.15) is 18.3 Å². The van der Waals surface area contributed by atoms with Gasteiger partial charge in [-0.3, -0.25) is 0 Å². The Kier molecular flexibility index (Phi) is 4.91. The summed E-state index contributed by atoms with van der Waals surface area (Å²) in [7, 11) is 0. The van der Waals surface area contributed by atoms with Crippen LogP contribution < -0.4 is 11.1 Å². The molecule has 0 aliphatic rings. The molecule has 1 aromatic rings. The molecule has 0 unspecified atom stereocenters. The fourth-order valence-electron chi connectivity index (χ4n) is 1.19. The number of aliphatic imine (C=N–C) groups is 1. The van der Waals surface area contributed by atoms with Crippen LogP contribution in [0, 0.1) is 0 Å². The molecule has 0 atom stereocenters. The second-order valence-corrected chi connectivity index (χ2v) is 4.02. The summed E-state index contributed by atoms with van der Waals surface area (Å²) in [6, 6.07) is 3.67. The number of alkyl halides is 3. The van der Waals surface area contributed by atoms with Gasteiger partial charge in [0.1, 0.15) is 5.69 Å². The van der Waals surface area contributed by atoms with Gasteiger partial charge in [0, 0.05) is 6.54 Å². The maximum atomic E-state index is 12.4. The van der Waals surface area contributed by atoms with Crippen molar-refractivity contribution in [1.82, 2.24) is 10.3 Å². The van der Waals surface area contributed by atoms with Crippen LogP contribution in [0.3, 0.4) is 0 Å². The topological polar surface area (TPSA) is 63.3 Å². The van der Waals surface area contributed by atoms with E-state index in [4.69, 9.17) is 5.73 Å². The predicted molar refractivity (Wildman–Crippen MR) is 67.4 cm³/mol. The SMILES string of the molecule is C=C(C)CNC(N)=NCc1cccc(C(F)(F)F)n1. The first-order valence-corrected chi connectivity index (χ1v) is 5.50. The van der Waals surface area contributed by atoms with E-state index < -0.39 is 11.9 Å². The number of rotatable bonds is 4. The number of hydrogen-bond donors (Lipinski definition) is 2. The number of pyridine rings is 1. The van der Waals surface area contributed by atoms with Crippen molar-refractivity contribution in [1.29, 1.82) is 0 Å². The lowest BCUT2D eigenvalue weighted by Crippen LogP contribution is -2.32. The summed E-state index contributed by atoms with van der Waals surface area (Å²) in [5.41, 5.74) is 5.68. The van der Waals surface area contributed by atoms with E-state index in [0.717, 1.165) is 11.6 Å². The molecule has 0 fully saturated rings. The van der Waals surface area contributed by atoms with Gasteiger partial charge >= 0.3 is 6.18 Å². The zero-order chi connectivity index (χ0) is 14.5. The smallest absolute Gasteiger partial charge is 0.370 e. The second-order valence-electron chi connectivity index (χ2n) is 4.02. The standard InChI is InChI=1S/C12H15F3N4/c1-8(2)6-17-11(16)18-7-9-4-3-5-10(19-9)12(13,14)15/h3-5H,1,6-7H2,2H3,(H3,16,17,18). The van der Waals surface area contributed by atoms with E-state index in [9.17, 15) is 13.2 Å². The Morgan fingerprint density at radius 1 is 1.47 bits per heavy atom. The number of hydrogen-bond acceptors (Lipinski definition) is 2. The van der Waals surface area contributed by atoms with Crippen molar-refractivity contribution in [2.75, 3.05) is 6.54 Å². The maximum absolute atomic E-state index is 12.4. The number of nitrogens with one attached hydrogen (secondary N) is 1. The van der Waals surface area contributed by atoms with Gasteiger partial charge in [-0.15, -0.1) is 0 Å². The first-order valence-electron chi connectivity index (χ1n) is 5.50. The molecule has 0 saturated carbocycles. The van der Waals surface area contributed by atoms with Crippen LogP contribution in [0.25, 0.3) is 0 Å². The molecule has 0 saturated heterocycles. The van der Waals surface area contributed by atoms with Crippen molar-refractivity contribution in [3.05, 3.63) is 41.7 Å². The first-order chi connectivity index (χ1) is 8.79. The minimum Gasteiger partial charge on any atom is -0.370 e. The summed E-state index contributed by atoms with van der Waals surface area (Å²) < 4.78 is 37.3. The molecule has 104 valence electrons. The van der Waals surface area contributed by atoms with E-state index >= 15 is 0 Å². The van der Waals surface area contributed by atoms with E-state index in [2.05, 4.69) is 21.9 Å². The minimum absolute atomic E-state index is 0.0149. The van der Waals surface area contributed by atoms with Crippen molar-refractivity contribution in [2.24, 2.45) is 10.7 Å². The van der Waals surface area contributed by atoms with Crippen molar-refractivity contribution in [3.8, 4) is 0 Å². The van der Waals surface area contributed by atoms with E-state index in [0.29, 0.717) is 6.54 Å². The van der Waals surface area contributed by atoms with Crippen LogP contribution in [0.4, 0.5) is 13.2 Å². The normalized spacial score (nSPS) is 12.3. The molecule has 19 heavy (non-hydrogen) atoms. The molecular weight excluding hydrogens is 257 g/mol. The largest absolute Gasteiger partial charge is 0.433 e. The zero-order valence-corrected chi connectivity index (χ0v) is 10.5. The summed E-state index contributed by atoms with van der Waals surface area (Å²) in [5.74, 6) is 0.141. The van der Waals surface area contributed by atoms with Crippen molar-refractivity contribution >= 4 is 5.96 Å². The van der Waals surface area contributed by atoms with E-state index in [1.165, 1.54) is 12.1 Å². The van der Waals surface area contributed by atoms with Crippen LogP contribution in [0.5, 0.6) is 0 Å². The Hall–Kier alpha value is -2.05. The highest BCUT2D eigenvalue weighted by Crippen LogP contribution is 2.27. The molecule has 0 aromatic carbocycles. The molecule has 1 rings (SSSR count). The Morgan fingerprint density at radius 2 is 2.16 bits per heavy atom. The molecule has 0 aliphatic heterocycles. The van der Waals surface area contributed by atoms with Gasteiger partial charge in [0.2, 0.25) is 0 Å². The van der Waals surface area contributed by atoms with Gasteiger partial charge in [0.25, 0.3) is 0 Å². The lowest BCUT2D eigenvalue weighted by atomic mass is 10.3. The molecule has 0 amide bonds. The first kappa shape index (κ1) is 15.0. The van der Waals surface area contributed by atoms with E-state index in [-0.39, 0.29) is 18.2 Å². The van der Waals surface area contributed by atoms with Gasteiger partial charge < -0.3 is 11.1 Å². The summed E-state index contributed by atoms with van der Waals surface area (Å²) >= 11 is 0. The fourth-order valence-corrected chi connectivity index (χ4v) is 1.19. The summed E-state index contributed by atoms with van der Waals surface area (Å²) in [6.45, 7) is 5.94. The Labute approximate surface area is 109 Å². The van der Waals surface area contributed by atoms with Crippen molar-refractivity contribution in [3.63, 3.8) is 0 Å². The molecule has 0 aliphatic carbocycles. The molecule has 1 aromatic heterocycles. The summed E-state index contributed by atoms with van der Waals surface area (Å²) in [5, 5.41) is 2.78. The number of nitrogens with zero attached hydrogens (tertiary/aromatic N) is 2. The lowest BCUT2D eigenvalue weighted by Gasteiger charge is -2.07. The average Bonchev–Trinajstić information content (AvgIpc) is 2.33. The van der Waals surface area contributed by atoms with Crippen LogP contribution in [-0.4, -0.2) is 17.5 Å². The molecule has 0 spiro atoms. The third-order valence-corrected chi connectivity index (χ3v) is 2.08. The van der Waals surface area contributed by atoms with Crippen LogP contribution in [0.2, 0.25) is 0 Å². The van der Waals surface area contributed by atoms with Crippen LogP contribution in [0.15, 0.2) is 35.3 Å². The third kappa shape index (κ3) is 5.41. The molecule has 7 heteroatoms. The van der Waals surface area contributed by atoms with Crippen LogP contribution in [-0.2, 0) is 12.7 Å². The van der Waals surface area contributed by atoms with Gasteiger partial charge in [-0.25, -0.2) is 9.98 Å². The highest BCUT2D eigenvalue weighted by Gasteiger charge is 2.32. The van der Waals surface area contributed by atoms with E-state index in [1.54, 1.807) is 0 Å². The molecule has 0 radical (unpaired) electrons. The minimum atomic E-state index is -4.45. The summed E-state index contributed by atoms with van der Waals surface area (Å²) in [4.78, 5) is 7.38. The number of guanidine groups is 1. The fraction of sp³-hybridized carbons (Fsp3) is 0.333. The highest BCUT2D eigenvalue weighted by atomic mass is 19.4. The second kappa shape index (κ2) is 6.21. The van der Waals surface area contributed by atoms with Gasteiger partial charge in [-0.05, 0) is 19.1 Å². The molecule has 3 N–H and O–H groups in total. The number of aromatic nitrogens is 1. The summed E-state index contributed by atoms with van der Waals surface area (Å²) in [6.07, 6.45) is -4.45. The maximum Gasteiger partial charge on any atom is 0.433 e. The Balaban J connectivity index is 2.67. The number of halogens is 3. The lowest BCUT2D eigenvalue weighted by molar-refractivity contribution is -0.141. The van der Waals surface area contributed by atoms with Gasteiger partial charge in [-0.1, -0.05) is 18.2 Å². The number of nitrogens with two attached hydrogens (primary N) is 1. The van der Waals surface area contributed by atoms with Crippen molar-refractivity contribution in [2.45, 2.75) is 19.6 Å². The molecular formula is C12H15F3N4. The van der Waals surface area contributed by atoms with Gasteiger partial charge in [0.05, 0.1) is 12.2 Å². The Bertz CT molecular complexity index is 480. The average molecular weight is 272 g/mol. The third-order valence-electron chi connectivity index (χ3n) is 2.08. The Morgan fingerprint density at radius 3 is 2.74 bits per heavy atom. The molecule has 4 nitrogen and oxygen atoms in total. The van der Waals surface area contributed by atoms with E-state index in [1.807, 2.05) is 6.92 Å². The zero-order valence-electron chi connectivity index (χ0n) is 10.5. The predicted octanol–water partition coefficient (Wildman–Crippen LogP) is 2.08. The quantitative estimate of drug-likeness (QED) is 0.501.